The number of hydrogen-bond acceptors (Lipinski definition) is 18. The van der Waals surface area contributed by atoms with Crippen LogP contribution in [0.3, 0.4) is 0 Å². The second-order valence-corrected chi connectivity index (χ2v) is 27.7. The predicted molar refractivity (Wildman–Crippen MR) is 370 cm³/mol. The van der Waals surface area contributed by atoms with Gasteiger partial charge in [0.15, 0.2) is 16.5 Å². The summed E-state index contributed by atoms with van der Waals surface area (Å²) in [5.41, 5.74) is 14.2. The van der Waals surface area contributed by atoms with E-state index < -0.39 is 49.1 Å². The van der Waals surface area contributed by atoms with Crippen LogP contribution in [0.15, 0.2) is 169 Å². The number of halogens is 3. The van der Waals surface area contributed by atoms with Gasteiger partial charge in [-0.1, -0.05) is 12.1 Å². The van der Waals surface area contributed by atoms with Crippen molar-refractivity contribution in [1.29, 1.82) is 0 Å². The fourth-order valence-corrected chi connectivity index (χ4v) is 11.7. The molecule has 22 nitrogen and oxygen atoms in total. The molecular weight excluding hydrogens is 1380 g/mol. The highest BCUT2D eigenvalue weighted by molar-refractivity contribution is 14.1. The van der Waals surface area contributed by atoms with Gasteiger partial charge >= 0.3 is 0 Å². The Balaban J connectivity index is 0.000000188. The van der Waals surface area contributed by atoms with Crippen LogP contribution in [-0.2, 0) is 24.9 Å². The zero-order valence-corrected chi connectivity index (χ0v) is 56.6. The largest absolute Gasteiger partial charge is 0.496 e. The molecule has 4 N–H and O–H groups in total. The molecule has 0 spiro atoms. The van der Waals surface area contributed by atoms with E-state index in [1.54, 1.807) is 99.6 Å². The average molecular weight is 1440 g/mol. The van der Waals surface area contributed by atoms with Crippen molar-refractivity contribution in [3.8, 4) is 79.3 Å². The quantitative estimate of drug-likeness (QED) is 0.0372. The number of hydrogen-bond donors (Lipinski definition) is 3. The molecular formula is C68H61F2IN8O14S2. The van der Waals surface area contributed by atoms with Crippen molar-refractivity contribution in [2.75, 3.05) is 69.3 Å². The van der Waals surface area contributed by atoms with Gasteiger partial charge in [0.05, 0.1) is 60.4 Å². The Labute approximate surface area is 557 Å². The highest BCUT2D eigenvalue weighted by atomic mass is 127. The van der Waals surface area contributed by atoms with Gasteiger partial charge in [-0.2, -0.15) is 0 Å². The number of rotatable bonds is 15. The maximum atomic E-state index is 13.7. The zero-order chi connectivity index (χ0) is 68.6. The lowest BCUT2D eigenvalue weighted by Gasteiger charge is -2.21. The molecule has 0 unspecified atom stereocenters. The molecule has 0 atom stereocenters. The maximum absolute atomic E-state index is 13.7. The van der Waals surface area contributed by atoms with E-state index in [2.05, 4.69) is 53.4 Å². The molecule has 0 saturated heterocycles. The van der Waals surface area contributed by atoms with Crippen LogP contribution in [0.25, 0.3) is 112 Å². The van der Waals surface area contributed by atoms with Crippen molar-refractivity contribution < 1.29 is 67.2 Å². The van der Waals surface area contributed by atoms with Gasteiger partial charge in [0.1, 0.15) is 62.5 Å². The molecule has 0 radical (unpaired) electrons. The van der Waals surface area contributed by atoms with Crippen LogP contribution < -0.4 is 34.5 Å². The number of aromatic nitrogens is 2. The molecule has 12 aromatic rings. The lowest BCUT2D eigenvalue weighted by Crippen LogP contribution is -2.25. The van der Waals surface area contributed by atoms with Gasteiger partial charge in [0, 0.05) is 88.7 Å². The van der Waals surface area contributed by atoms with Crippen molar-refractivity contribution in [3.05, 3.63) is 177 Å². The van der Waals surface area contributed by atoms with Gasteiger partial charge in [-0.25, -0.2) is 35.6 Å². The minimum atomic E-state index is -3.73. The normalized spacial score (nSPS) is 11.6. The number of nitrogens with one attached hydrogen (secondary N) is 2. The van der Waals surface area contributed by atoms with Gasteiger partial charge in [-0.05, 0) is 170 Å². The summed E-state index contributed by atoms with van der Waals surface area (Å²) < 4.78 is 118. The molecule has 0 saturated carbocycles. The summed E-state index contributed by atoms with van der Waals surface area (Å²) >= 11 is 2.20. The molecule has 8 aromatic carbocycles. The third-order valence-electron chi connectivity index (χ3n) is 15.0. The van der Waals surface area contributed by atoms with E-state index in [9.17, 15) is 40.1 Å². The fraction of sp³-hybridized carbons (Fsp3) is 0.176. The molecule has 95 heavy (non-hydrogen) atoms. The number of oxazole rings is 2. The van der Waals surface area contributed by atoms with Crippen molar-refractivity contribution in [2.45, 2.75) is 26.4 Å². The Hall–Kier alpha value is -10.4. The molecule has 490 valence electrons. The van der Waals surface area contributed by atoms with E-state index in [0.29, 0.717) is 112 Å². The highest BCUT2D eigenvalue weighted by Gasteiger charge is 2.30. The van der Waals surface area contributed by atoms with Crippen LogP contribution in [0.4, 0.5) is 25.8 Å². The minimum Gasteiger partial charge on any atom is -0.496 e. The van der Waals surface area contributed by atoms with Crippen molar-refractivity contribution in [1.82, 2.24) is 20.6 Å². The summed E-state index contributed by atoms with van der Waals surface area (Å²) in [6.07, 6.45) is 2.19. The van der Waals surface area contributed by atoms with E-state index >= 15 is 0 Å². The first kappa shape index (κ1) is 67.5. The average Bonchev–Trinajstić information content (AvgIpc) is 1.67. The van der Waals surface area contributed by atoms with Gasteiger partial charge in [0.2, 0.25) is 31.8 Å². The standard InChI is InChI=1S/C32H25FIN3O6S.C32H27FN4O6S.C4H9NO2/c2*1-35-31(38)29-22-15-21(18-7-12-26(41-3)23(13-18)32-36-24-11-10-20(34)14-28(24)43-32)25(37(2)44(4,39)40)16-27(22)42-30(29)17-5-8-19(33)9-6-17;1-4(2,3)7-5-6/h5-16H,1-4H3,(H,35,38);5-16H,34H2,1-4H3,(H,35,38);1-3H3. The molecule has 0 aliphatic heterocycles. The third-order valence-corrected chi connectivity index (χ3v) is 18.0. The van der Waals surface area contributed by atoms with Crippen LogP contribution >= 0.6 is 22.6 Å². The van der Waals surface area contributed by atoms with Crippen molar-refractivity contribution in [3.63, 3.8) is 0 Å². The number of methoxy groups -OCH3 is 2. The summed E-state index contributed by atoms with van der Waals surface area (Å²) in [7, 11) is 1.47. The van der Waals surface area contributed by atoms with E-state index in [1.165, 1.54) is 90.9 Å². The van der Waals surface area contributed by atoms with Crippen LogP contribution in [0.5, 0.6) is 11.5 Å². The molecule has 4 heterocycles. The molecule has 12 rings (SSSR count). The Kier molecular flexibility index (Phi) is 19.1. The van der Waals surface area contributed by atoms with Gasteiger partial charge in [-0.15, -0.1) is 4.91 Å². The summed E-state index contributed by atoms with van der Waals surface area (Å²) in [5.74, 6) is 0.283. The van der Waals surface area contributed by atoms with Gasteiger partial charge in [0.25, 0.3) is 11.8 Å². The van der Waals surface area contributed by atoms with Crippen LogP contribution in [0.1, 0.15) is 41.5 Å². The number of nitrogens with zero attached hydrogens (tertiary/aromatic N) is 5. The Bertz CT molecular complexity index is 4890. The van der Waals surface area contributed by atoms with Crippen molar-refractivity contribution >= 4 is 116 Å². The van der Waals surface area contributed by atoms with E-state index in [0.717, 1.165) is 24.7 Å². The second-order valence-electron chi connectivity index (χ2n) is 22.5. The first-order chi connectivity index (χ1) is 45.0. The topological polar surface area (TPSA) is 294 Å². The van der Waals surface area contributed by atoms with E-state index in [1.807, 2.05) is 18.2 Å². The third kappa shape index (κ3) is 14.3. The molecule has 2 amide bonds. The van der Waals surface area contributed by atoms with E-state index in [4.69, 9.17) is 32.9 Å². The summed E-state index contributed by atoms with van der Waals surface area (Å²) in [4.78, 5) is 49.3. The summed E-state index contributed by atoms with van der Waals surface area (Å²) in [6, 6.07) is 39.1. The molecule has 4 aromatic heterocycles. The van der Waals surface area contributed by atoms with Crippen LogP contribution in [0, 0.1) is 20.1 Å². The fourth-order valence-electron chi connectivity index (χ4n) is 10.2. The Morgan fingerprint density at radius 3 is 1.32 bits per heavy atom. The Morgan fingerprint density at radius 2 is 0.947 bits per heavy atom. The SMILES string of the molecule is CC(C)(C)ON=O.CNC(=O)c1c(-c2ccc(F)cc2)oc2cc(N(C)S(C)(=O)=O)c(-c3ccc(OC)c(-c4nc5ccc(I)cc5o4)c3)cc12.CNC(=O)c1c(-c2ccc(F)cc2)oc2cc(N(C)S(C)(=O)=O)c(-c3ccc(OC)c(-c4nc5ccc(N)cc5o4)c3)cc12. The number of amides is 2. The number of benzene rings is 8. The number of fused-ring (bicyclic) bond motifs is 4. The minimum absolute atomic E-state index is 0.214. The molecule has 0 bridgehead atoms. The monoisotopic (exact) mass is 1440 g/mol. The van der Waals surface area contributed by atoms with Gasteiger partial charge < -0.3 is 48.3 Å². The van der Waals surface area contributed by atoms with Crippen LogP contribution in [-0.4, -0.2) is 99.1 Å². The smallest absolute Gasteiger partial charge is 0.255 e. The van der Waals surface area contributed by atoms with Crippen LogP contribution in [0.2, 0.25) is 0 Å². The Morgan fingerprint density at radius 1 is 0.547 bits per heavy atom. The lowest BCUT2D eigenvalue weighted by molar-refractivity contribution is -0.00231. The number of anilines is 3. The summed E-state index contributed by atoms with van der Waals surface area (Å²) in [6.45, 7) is 5.28. The van der Waals surface area contributed by atoms with Gasteiger partial charge in [-0.3, -0.25) is 18.2 Å². The summed E-state index contributed by atoms with van der Waals surface area (Å²) in [5, 5.41) is 8.42. The maximum Gasteiger partial charge on any atom is 0.255 e. The van der Waals surface area contributed by atoms with E-state index in [-0.39, 0.29) is 39.7 Å². The molecule has 27 heteroatoms. The number of furan rings is 2. The van der Waals surface area contributed by atoms with Crippen molar-refractivity contribution in [2.24, 2.45) is 5.34 Å². The predicted octanol–water partition coefficient (Wildman–Crippen LogP) is 14.6. The second kappa shape index (κ2) is 26.9. The number of sulfonamides is 2. The highest BCUT2D eigenvalue weighted by Crippen LogP contribution is 2.46. The molecule has 0 aliphatic carbocycles. The molecule has 0 aliphatic rings. The first-order valence-corrected chi connectivity index (χ1v) is 33.5. The molecule has 0 fully saturated rings. The number of nitrogen functional groups attached to an aromatic ring is 1. The first-order valence-electron chi connectivity index (χ1n) is 28.7. The number of ether oxygens (including phenoxy) is 2. The lowest BCUT2D eigenvalue weighted by atomic mass is 9.97. The number of carbonyl (C=O) groups excluding carboxylic acids is 2. The zero-order valence-electron chi connectivity index (χ0n) is 52.8. The number of carbonyl (C=O) groups is 2. The number of nitrogens with two attached hydrogens (primary N) is 1.